The molecule has 2 heterocycles. The number of pyridine rings is 1. The number of ether oxygens (including phenoxy) is 1. The van der Waals surface area contributed by atoms with Gasteiger partial charge in [0.2, 0.25) is 0 Å². The summed E-state index contributed by atoms with van der Waals surface area (Å²) in [6.07, 6.45) is 7.37. The third-order valence-electron chi connectivity index (χ3n) is 4.88. The van der Waals surface area contributed by atoms with Gasteiger partial charge >= 0.3 is 0 Å². The Morgan fingerprint density at radius 3 is 3.17 bits per heavy atom. The number of nitrogens with zero attached hydrogens (tertiary/aromatic N) is 2. The molecule has 1 aromatic heterocycles. The summed E-state index contributed by atoms with van der Waals surface area (Å²) in [6.45, 7) is 4.83. The van der Waals surface area contributed by atoms with E-state index in [0.29, 0.717) is 17.7 Å². The Hall–Kier alpha value is -1.50. The zero-order valence-electron chi connectivity index (χ0n) is 13.6. The van der Waals surface area contributed by atoms with Gasteiger partial charge in [-0.3, -0.25) is 19.9 Å². The summed E-state index contributed by atoms with van der Waals surface area (Å²) in [5.74, 6) is -0.505. The Balaban J connectivity index is 1.61. The number of nitrogens with one attached hydrogen (secondary N) is 1. The summed E-state index contributed by atoms with van der Waals surface area (Å²) in [4.78, 5) is 18.4. The molecule has 6 heteroatoms. The molecule has 1 amide bonds. The van der Waals surface area contributed by atoms with E-state index in [1.54, 1.807) is 5.48 Å². The number of rotatable bonds is 5. The van der Waals surface area contributed by atoms with E-state index in [-0.39, 0.29) is 0 Å². The number of amides is 1. The number of hydrogen-bond donors (Lipinski definition) is 2. The van der Waals surface area contributed by atoms with Gasteiger partial charge in [-0.25, -0.2) is 5.48 Å². The van der Waals surface area contributed by atoms with Crippen LogP contribution in [0.1, 0.15) is 54.2 Å². The molecule has 1 aliphatic carbocycles. The van der Waals surface area contributed by atoms with Gasteiger partial charge in [-0.05, 0) is 43.7 Å². The molecule has 2 atom stereocenters. The topological polar surface area (TPSA) is 74.7 Å². The quantitative estimate of drug-likeness (QED) is 0.640. The standard InChI is InChI=1S/C17H25N3O3/c1-2-7-23-15-4-3-14(9-15)20-6-5-12-8-13(17(21)19-22)10-18-16(12)11-20/h8,10,14-15,22H,2-7,9,11H2,1H3,(H,19,21)/t14-,15+/m1/s1. The van der Waals surface area contributed by atoms with Crippen molar-refractivity contribution in [3.05, 3.63) is 29.1 Å². The van der Waals surface area contributed by atoms with Crippen molar-refractivity contribution in [3.8, 4) is 0 Å². The van der Waals surface area contributed by atoms with Crippen molar-refractivity contribution in [3.63, 3.8) is 0 Å². The summed E-state index contributed by atoms with van der Waals surface area (Å²) in [5, 5.41) is 8.72. The molecule has 126 valence electrons. The maximum atomic E-state index is 11.5. The van der Waals surface area contributed by atoms with Crippen molar-refractivity contribution in [1.82, 2.24) is 15.4 Å². The van der Waals surface area contributed by atoms with Crippen molar-refractivity contribution in [2.24, 2.45) is 0 Å². The van der Waals surface area contributed by atoms with E-state index >= 15 is 0 Å². The molecule has 0 spiro atoms. The largest absolute Gasteiger partial charge is 0.378 e. The molecule has 0 bridgehead atoms. The number of aromatic nitrogens is 1. The van der Waals surface area contributed by atoms with Crippen LogP contribution < -0.4 is 5.48 Å². The fourth-order valence-corrected chi connectivity index (χ4v) is 3.62. The number of carbonyl (C=O) groups excluding carboxylic acids is 1. The lowest BCUT2D eigenvalue weighted by molar-refractivity contribution is 0.0505. The van der Waals surface area contributed by atoms with Gasteiger partial charge in [-0.1, -0.05) is 6.92 Å². The smallest absolute Gasteiger partial charge is 0.276 e. The van der Waals surface area contributed by atoms with E-state index in [4.69, 9.17) is 9.94 Å². The Labute approximate surface area is 136 Å². The Morgan fingerprint density at radius 2 is 2.39 bits per heavy atom. The molecule has 1 aromatic rings. The molecule has 1 saturated carbocycles. The molecule has 2 N–H and O–H groups in total. The maximum Gasteiger partial charge on any atom is 0.276 e. The van der Waals surface area contributed by atoms with Crippen molar-refractivity contribution >= 4 is 5.91 Å². The number of hydrogen-bond acceptors (Lipinski definition) is 5. The zero-order chi connectivity index (χ0) is 16.2. The van der Waals surface area contributed by atoms with Gasteiger partial charge in [-0.15, -0.1) is 0 Å². The van der Waals surface area contributed by atoms with E-state index in [0.717, 1.165) is 56.6 Å². The molecule has 23 heavy (non-hydrogen) atoms. The van der Waals surface area contributed by atoms with Gasteiger partial charge in [0.1, 0.15) is 0 Å². The fraction of sp³-hybridized carbons (Fsp3) is 0.647. The maximum absolute atomic E-state index is 11.5. The van der Waals surface area contributed by atoms with E-state index in [1.807, 2.05) is 6.07 Å². The minimum absolute atomic E-state index is 0.407. The molecule has 2 aliphatic rings. The minimum Gasteiger partial charge on any atom is -0.378 e. The van der Waals surface area contributed by atoms with Crippen LogP contribution in [0.3, 0.4) is 0 Å². The van der Waals surface area contributed by atoms with E-state index < -0.39 is 5.91 Å². The lowest BCUT2D eigenvalue weighted by Crippen LogP contribution is -2.39. The monoisotopic (exact) mass is 319 g/mol. The van der Waals surface area contributed by atoms with E-state index in [2.05, 4.69) is 16.8 Å². The van der Waals surface area contributed by atoms with Crippen LogP contribution in [-0.2, 0) is 17.7 Å². The van der Waals surface area contributed by atoms with Crippen molar-refractivity contribution in [1.29, 1.82) is 0 Å². The van der Waals surface area contributed by atoms with Crippen molar-refractivity contribution < 1.29 is 14.7 Å². The molecule has 6 nitrogen and oxygen atoms in total. The molecule has 0 unspecified atom stereocenters. The summed E-state index contributed by atoms with van der Waals surface area (Å²) in [5.41, 5.74) is 4.23. The first-order chi connectivity index (χ1) is 11.2. The molecule has 0 saturated heterocycles. The first-order valence-corrected chi connectivity index (χ1v) is 8.49. The Kier molecular flexibility index (Phi) is 5.25. The average Bonchev–Trinajstić information content (AvgIpc) is 3.07. The molecule has 0 aromatic carbocycles. The van der Waals surface area contributed by atoms with Gasteiger partial charge in [-0.2, -0.15) is 0 Å². The summed E-state index contributed by atoms with van der Waals surface area (Å²) in [7, 11) is 0. The van der Waals surface area contributed by atoms with Gasteiger partial charge in [0, 0.05) is 31.9 Å². The predicted octanol–water partition coefficient (Wildman–Crippen LogP) is 1.91. The van der Waals surface area contributed by atoms with Crippen molar-refractivity contribution in [2.45, 2.75) is 57.7 Å². The molecule has 1 aliphatic heterocycles. The second kappa shape index (κ2) is 7.38. The van der Waals surface area contributed by atoms with Gasteiger partial charge in [0.05, 0.1) is 17.4 Å². The van der Waals surface area contributed by atoms with Crippen LogP contribution in [0.5, 0.6) is 0 Å². The Morgan fingerprint density at radius 1 is 1.52 bits per heavy atom. The lowest BCUT2D eigenvalue weighted by Gasteiger charge is -2.33. The van der Waals surface area contributed by atoms with Crippen LogP contribution in [0.4, 0.5) is 0 Å². The minimum atomic E-state index is -0.505. The normalized spacial score (nSPS) is 24.4. The zero-order valence-corrected chi connectivity index (χ0v) is 13.6. The van der Waals surface area contributed by atoms with Crippen LogP contribution in [0.2, 0.25) is 0 Å². The van der Waals surface area contributed by atoms with Gasteiger partial charge < -0.3 is 4.74 Å². The number of fused-ring (bicyclic) bond motifs is 1. The summed E-state index contributed by atoms with van der Waals surface area (Å²) < 4.78 is 5.89. The van der Waals surface area contributed by atoms with Gasteiger partial charge in [0.25, 0.3) is 5.91 Å². The highest BCUT2D eigenvalue weighted by Gasteiger charge is 2.32. The van der Waals surface area contributed by atoms with Crippen LogP contribution >= 0.6 is 0 Å². The first-order valence-electron chi connectivity index (χ1n) is 8.49. The second-order valence-electron chi connectivity index (χ2n) is 6.45. The predicted molar refractivity (Wildman–Crippen MR) is 85.3 cm³/mol. The van der Waals surface area contributed by atoms with E-state index in [9.17, 15) is 4.79 Å². The fourth-order valence-electron chi connectivity index (χ4n) is 3.62. The van der Waals surface area contributed by atoms with Crippen LogP contribution in [0, 0.1) is 0 Å². The lowest BCUT2D eigenvalue weighted by atomic mass is 10.0. The summed E-state index contributed by atoms with van der Waals surface area (Å²) >= 11 is 0. The molecule has 1 fully saturated rings. The second-order valence-corrected chi connectivity index (χ2v) is 6.45. The highest BCUT2D eigenvalue weighted by Crippen LogP contribution is 2.30. The van der Waals surface area contributed by atoms with Gasteiger partial charge in [0.15, 0.2) is 0 Å². The van der Waals surface area contributed by atoms with Crippen molar-refractivity contribution in [2.75, 3.05) is 13.2 Å². The number of carbonyl (C=O) groups is 1. The Bertz CT molecular complexity index is 564. The molecule has 0 radical (unpaired) electrons. The average molecular weight is 319 g/mol. The highest BCUT2D eigenvalue weighted by atomic mass is 16.5. The third-order valence-corrected chi connectivity index (χ3v) is 4.88. The summed E-state index contributed by atoms with van der Waals surface area (Å²) in [6, 6.07) is 2.42. The number of hydroxylamine groups is 1. The first kappa shape index (κ1) is 16.4. The SMILES string of the molecule is CCCO[C@H]1CC[C@@H](N2CCc3cc(C(=O)NO)cnc3C2)C1. The highest BCUT2D eigenvalue weighted by molar-refractivity contribution is 5.93. The third kappa shape index (κ3) is 3.71. The molecular formula is C17H25N3O3. The molecule has 3 rings (SSSR count). The van der Waals surface area contributed by atoms with Crippen LogP contribution in [0.15, 0.2) is 12.3 Å². The molecular weight excluding hydrogens is 294 g/mol. The van der Waals surface area contributed by atoms with E-state index in [1.165, 1.54) is 12.6 Å². The van der Waals surface area contributed by atoms with Crippen LogP contribution in [-0.4, -0.2) is 46.3 Å². The van der Waals surface area contributed by atoms with Crippen LogP contribution in [0.25, 0.3) is 0 Å².